The zero-order chi connectivity index (χ0) is 16.8. The van der Waals surface area contributed by atoms with E-state index < -0.39 is 29.6 Å². The highest BCUT2D eigenvalue weighted by Gasteiger charge is 2.37. The number of fused-ring (bicyclic) bond motifs is 1. The van der Waals surface area contributed by atoms with E-state index >= 15 is 0 Å². The van der Waals surface area contributed by atoms with Crippen LogP contribution in [0, 0.1) is 17.5 Å². The molecule has 0 radical (unpaired) electrons. The van der Waals surface area contributed by atoms with Crippen LogP contribution in [0.5, 0.6) is 0 Å². The number of halogens is 3. The van der Waals surface area contributed by atoms with Gasteiger partial charge in [-0.3, -0.25) is 4.90 Å². The Bertz CT molecular complexity index is 745. The molecular formula is C16H17F3N4O. The fraction of sp³-hybridized carbons (Fsp3) is 0.438. The van der Waals surface area contributed by atoms with E-state index in [0.717, 1.165) is 24.0 Å². The Morgan fingerprint density at radius 2 is 1.96 bits per heavy atom. The SMILES string of the molecule is N[C@H]1C[C@@H](N2Cc3nc[nH]c3C2)CO[C@@H]1c1cc(F)c(F)cc1F. The lowest BCUT2D eigenvalue weighted by Crippen LogP contribution is -2.47. The van der Waals surface area contributed by atoms with Crippen LogP contribution >= 0.6 is 0 Å². The molecule has 2 aliphatic rings. The number of rotatable bonds is 2. The van der Waals surface area contributed by atoms with Crippen molar-refractivity contribution in [2.24, 2.45) is 5.73 Å². The van der Waals surface area contributed by atoms with E-state index in [0.29, 0.717) is 25.6 Å². The molecule has 24 heavy (non-hydrogen) atoms. The molecule has 0 unspecified atom stereocenters. The zero-order valence-corrected chi connectivity index (χ0v) is 12.8. The molecule has 0 saturated carbocycles. The molecule has 0 aliphatic carbocycles. The van der Waals surface area contributed by atoms with Gasteiger partial charge in [-0.25, -0.2) is 18.2 Å². The molecule has 2 aromatic rings. The predicted molar refractivity (Wildman–Crippen MR) is 79.2 cm³/mol. The van der Waals surface area contributed by atoms with Crippen molar-refractivity contribution in [3.05, 3.63) is 52.9 Å². The second-order valence-corrected chi connectivity index (χ2v) is 6.33. The minimum Gasteiger partial charge on any atom is -0.370 e. The van der Waals surface area contributed by atoms with Crippen LogP contribution in [0.2, 0.25) is 0 Å². The predicted octanol–water partition coefficient (Wildman–Crippen LogP) is 2.00. The molecule has 0 amide bonds. The van der Waals surface area contributed by atoms with Crippen LogP contribution in [0.4, 0.5) is 13.2 Å². The summed E-state index contributed by atoms with van der Waals surface area (Å²) in [5.74, 6) is -3.16. The van der Waals surface area contributed by atoms with Gasteiger partial charge in [0.15, 0.2) is 11.6 Å². The summed E-state index contributed by atoms with van der Waals surface area (Å²) in [7, 11) is 0. The van der Waals surface area contributed by atoms with Crippen LogP contribution < -0.4 is 5.73 Å². The number of ether oxygens (including phenoxy) is 1. The average Bonchev–Trinajstić information content (AvgIpc) is 3.13. The summed E-state index contributed by atoms with van der Waals surface area (Å²) >= 11 is 0. The Morgan fingerprint density at radius 1 is 1.17 bits per heavy atom. The standard InChI is InChI=1S/C16H17F3N4O/c17-10-3-12(19)11(18)2-9(10)16-13(20)1-8(6-24-16)23-4-14-15(5-23)22-7-21-14/h2-3,7-8,13,16H,1,4-6,20H2,(H,21,22)/t8-,13+,16-/m1/s1. The zero-order valence-electron chi connectivity index (χ0n) is 12.8. The van der Waals surface area contributed by atoms with Crippen LogP contribution in [0.1, 0.15) is 29.5 Å². The van der Waals surface area contributed by atoms with Crippen LogP contribution in [0.15, 0.2) is 18.5 Å². The molecule has 1 saturated heterocycles. The number of aromatic amines is 1. The van der Waals surface area contributed by atoms with E-state index in [4.69, 9.17) is 10.5 Å². The molecular weight excluding hydrogens is 321 g/mol. The van der Waals surface area contributed by atoms with Crippen molar-refractivity contribution < 1.29 is 17.9 Å². The Hall–Kier alpha value is -1.90. The number of nitrogens with zero attached hydrogens (tertiary/aromatic N) is 2. The number of hydrogen-bond donors (Lipinski definition) is 2. The van der Waals surface area contributed by atoms with Gasteiger partial charge in [0.1, 0.15) is 11.9 Å². The maximum Gasteiger partial charge on any atom is 0.161 e. The van der Waals surface area contributed by atoms with Gasteiger partial charge in [-0.1, -0.05) is 0 Å². The second kappa shape index (κ2) is 5.87. The number of imidazole rings is 1. The average molecular weight is 338 g/mol. The van der Waals surface area contributed by atoms with Crippen molar-refractivity contribution in [3.8, 4) is 0 Å². The van der Waals surface area contributed by atoms with E-state index in [1.54, 1.807) is 6.33 Å². The molecule has 8 heteroatoms. The largest absolute Gasteiger partial charge is 0.370 e. The molecule has 3 heterocycles. The third kappa shape index (κ3) is 2.60. The van der Waals surface area contributed by atoms with Gasteiger partial charge < -0.3 is 15.5 Å². The van der Waals surface area contributed by atoms with E-state index in [9.17, 15) is 13.2 Å². The van der Waals surface area contributed by atoms with Crippen LogP contribution in [0.3, 0.4) is 0 Å². The van der Waals surface area contributed by atoms with Gasteiger partial charge in [0, 0.05) is 36.8 Å². The maximum absolute atomic E-state index is 14.0. The number of nitrogens with one attached hydrogen (secondary N) is 1. The smallest absolute Gasteiger partial charge is 0.161 e. The molecule has 0 spiro atoms. The van der Waals surface area contributed by atoms with Crippen molar-refractivity contribution in [1.29, 1.82) is 0 Å². The molecule has 2 aliphatic heterocycles. The second-order valence-electron chi connectivity index (χ2n) is 6.33. The lowest BCUT2D eigenvalue weighted by atomic mass is 9.93. The monoisotopic (exact) mass is 338 g/mol. The lowest BCUT2D eigenvalue weighted by molar-refractivity contribution is -0.0534. The van der Waals surface area contributed by atoms with E-state index in [-0.39, 0.29) is 11.6 Å². The summed E-state index contributed by atoms with van der Waals surface area (Å²) in [6, 6.07) is 0.938. The molecule has 3 atom stereocenters. The fourth-order valence-corrected chi connectivity index (χ4v) is 3.51. The topological polar surface area (TPSA) is 67.2 Å². The molecule has 5 nitrogen and oxygen atoms in total. The Morgan fingerprint density at radius 3 is 2.71 bits per heavy atom. The van der Waals surface area contributed by atoms with Gasteiger partial charge in [0.2, 0.25) is 0 Å². The molecule has 0 bridgehead atoms. The van der Waals surface area contributed by atoms with Gasteiger partial charge in [0.05, 0.1) is 24.3 Å². The molecule has 128 valence electrons. The summed E-state index contributed by atoms with van der Waals surface area (Å²) in [4.78, 5) is 9.56. The Labute approximate surface area is 136 Å². The third-order valence-electron chi connectivity index (χ3n) is 4.79. The molecule has 3 N–H and O–H groups in total. The van der Waals surface area contributed by atoms with Crippen molar-refractivity contribution >= 4 is 0 Å². The highest BCUT2D eigenvalue weighted by molar-refractivity contribution is 5.24. The van der Waals surface area contributed by atoms with Crippen molar-refractivity contribution in [2.75, 3.05) is 6.61 Å². The Kier molecular flexibility index (Phi) is 3.82. The van der Waals surface area contributed by atoms with E-state index in [1.807, 2.05) is 0 Å². The lowest BCUT2D eigenvalue weighted by Gasteiger charge is -2.38. The number of hydrogen-bond acceptors (Lipinski definition) is 4. The van der Waals surface area contributed by atoms with E-state index in [2.05, 4.69) is 14.9 Å². The summed E-state index contributed by atoms with van der Waals surface area (Å²) in [6.45, 7) is 1.80. The van der Waals surface area contributed by atoms with Crippen LogP contribution in [-0.4, -0.2) is 33.6 Å². The number of benzene rings is 1. The first-order valence-electron chi connectivity index (χ1n) is 7.79. The molecule has 1 aromatic carbocycles. The maximum atomic E-state index is 14.0. The molecule has 1 fully saturated rings. The summed E-state index contributed by atoms with van der Waals surface area (Å²) in [5, 5.41) is 0. The van der Waals surface area contributed by atoms with Gasteiger partial charge in [-0.15, -0.1) is 0 Å². The van der Waals surface area contributed by atoms with Gasteiger partial charge in [-0.2, -0.15) is 0 Å². The van der Waals surface area contributed by atoms with Gasteiger partial charge in [0.25, 0.3) is 0 Å². The van der Waals surface area contributed by atoms with Crippen molar-refractivity contribution in [2.45, 2.75) is 37.7 Å². The van der Waals surface area contributed by atoms with Crippen molar-refractivity contribution in [1.82, 2.24) is 14.9 Å². The van der Waals surface area contributed by atoms with E-state index in [1.165, 1.54) is 0 Å². The fourth-order valence-electron chi connectivity index (χ4n) is 3.51. The van der Waals surface area contributed by atoms with Crippen LogP contribution in [-0.2, 0) is 17.8 Å². The molecule has 1 aromatic heterocycles. The highest BCUT2D eigenvalue weighted by Crippen LogP contribution is 2.33. The van der Waals surface area contributed by atoms with Gasteiger partial charge >= 0.3 is 0 Å². The first-order chi connectivity index (χ1) is 11.5. The highest BCUT2D eigenvalue weighted by atomic mass is 19.2. The molecule has 4 rings (SSSR count). The summed E-state index contributed by atoms with van der Waals surface area (Å²) < 4.78 is 46.2. The van der Waals surface area contributed by atoms with Crippen molar-refractivity contribution in [3.63, 3.8) is 0 Å². The number of H-pyrrole nitrogens is 1. The Balaban J connectivity index is 1.47. The van der Waals surface area contributed by atoms with Crippen LogP contribution in [0.25, 0.3) is 0 Å². The minimum atomic E-state index is -1.22. The normalized spacial score (nSPS) is 27.4. The first-order valence-corrected chi connectivity index (χ1v) is 7.79. The summed E-state index contributed by atoms with van der Waals surface area (Å²) in [5.41, 5.74) is 8.21. The quantitative estimate of drug-likeness (QED) is 0.822. The third-order valence-corrected chi connectivity index (χ3v) is 4.79. The van der Waals surface area contributed by atoms with Gasteiger partial charge in [-0.05, 0) is 12.5 Å². The first kappa shape index (κ1) is 15.6. The number of aromatic nitrogens is 2. The summed E-state index contributed by atoms with van der Waals surface area (Å²) in [6.07, 6.45) is 1.47. The minimum absolute atomic E-state index is 0.0341. The number of nitrogens with two attached hydrogens (primary N) is 1.